The van der Waals surface area contributed by atoms with Gasteiger partial charge in [0.1, 0.15) is 13.2 Å². The van der Waals surface area contributed by atoms with Gasteiger partial charge in [0.2, 0.25) is 0 Å². The fourth-order valence-corrected chi connectivity index (χ4v) is 13.4. The Kier molecular flexibility index (Phi) is 8.53. The molecule has 0 heterocycles. The Morgan fingerprint density at radius 3 is 1.98 bits per heavy atom. The standard InChI is InChI=1S/C44H58O5/c1-28(2)31-20-23-44(39(47)49-27-30-16-12-9-13-17-30)25-24-41(5)32(35(31)44)18-19-34-42(41,6)22-21-33-40(3,4)37(45)36(43(33,34)7)38(46)48-26-29-14-10-8-11-15-29/h8-17,31-37,45H,1,18-27H2,2-7H3/t31-,32+,33?,34-,35+,36+,37+,41+,42+,43-,44-/m0/s1. The van der Waals surface area contributed by atoms with Gasteiger partial charge < -0.3 is 14.6 Å². The molecule has 7 rings (SSSR count). The lowest BCUT2D eigenvalue weighted by Crippen LogP contribution is -2.65. The van der Waals surface area contributed by atoms with Crippen molar-refractivity contribution in [2.75, 3.05) is 0 Å². The van der Waals surface area contributed by atoms with Gasteiger partial charge in [0.25, 0.3) is 0 Å². The molecular weight excluding hydrogens is 608 g/mol. The van der Waals surface area contributed by atoms with Crippen LogP contribution in [0.5, 0.6) is 0 Å². The molecular formula is C44H58O5. The number of carbonyl (C=O) groups is 2. The molecule has 1 N–H and O–H groups in total. The first kappa shape index (κ1) is 34.5. The van der Waals surface area contributed by atoms with Gasteiger partial charge in [-0.15, -0.1) is 0 Å². The fraction of sp³-hybridized carbons (Fsp3) is 0.636. The number of aliphatic hydroxyl groups excluding tert-OH is 1. The summed E-state index contributed by atoms with van der Waals surface area (Å²) in [6.07, 6.45) is 6.96. The smallest absolute Gasteiger partial charge is 0.312 e. The minimum absolute atomic E-state index is 0.0167. The maximum Gasteiger partial charge on any atom is 0.312 e. The summed E-state index contributed by atoms with van der Waals surface area (Å²) in [5.74, 6) is 0.484. The van der Waals surface area contributed by atoms with Crippen LogP contribution in [-0.4, -0.2) is 23.1 Å². The number of hydrogen-bond donors (Lipinski definition) is 1. The van der Waals surface area contributed by atoms with E-state index in [9.17, 15) is 14.7 Å². The summed E-state index contributed by atoms with van der Waals surface area (Å²) in [6.45, 7) is 18.9. The van der Waals surface area contributed by atoms with Gasteiger partial charge in [-0.25, -0.2) is 0 Å². The molecule has 11 atom stereocenters. The molecule has 5 heteroatoms. The van der Waals surface area contributed by atoms with Crippen molar-refractivity contribution in [1.82, 2.24) is 0 Å². The van der Waals surface area contributed by atoms with E-state index in [0.717, 1.165) is 62.5 Å². The molecule has 264 valence electrons. The average Bonchev–Trinajstić information content (AvgIpc) is 3.55. The zero-order valence-corrected chi connectivity index (χ0v) is 30.7. The minimum atomic E-state index is -0.764. The highest BCUT2D eigenvalue weighted by Crippen LogP contribution is 2.79. The number of aliphatic hydroxyl groups is 1. The van der Waals surface area contributed by atoms with Gasteiger partial charge in [0.15, 0.2) is 0 Å². The number of fused-ring (bicyclic) bond motifs is 7. The molecule has 1 unspecified atom stereocenters. The van der Waals surface area contributed by atoms with Gasteiger partial charge in [-0.05, 0) is 121 Å². The van der Waals surface area contributed by atoms with E-state index in [0.29, 0.717) is 18.4 Å². The zero-order chi connectivity index (χ0) is 35.0. The van der Waals surface area contributed by atoms with Crippen molar-refractivity contribution in [3.05, 3.63) is 83.9 Å². The average molecular weight is 667 g/mol. The molecule has 2 aromatic carbocycles. The first-order valence-corrected chi connectivity index (χ1v) is 19.0. The highest BCUT2D eigenvalue weighted by Gasteiger charge is 2.76. The van der Waals surface area contributed by atoms with E-state index in [2.05, 4.69) is 48.1 Å². The molecule has 0 bridgehead atoms. The van der Waals surface area contributed by atoms with Crippen LogP contribution in [0, 0.1) is 62.6 Å². The zero-order valence-electron chi connectivity index (χ0n) is 30.7. The lowest BCUT2D eigenvalue weighted by atomic mass is 9.34. The summed E-state index contributed by atoms with van der Waals surface area (Å²) in [5, 5.41) is 12.0. The third-order valence-electron chi connectivity index (χ3n) is 16.0. The van der Waals surface area contributed by atoms with Gasteiger partial charge in [-0.2, -0.15) is 0 Å². The summed E-state index contributed by atoms with van der Waals surface area (Å²) < 4.78 is 12.3. The highest BCUT2D eigenvalue weighted by molar-refractivity contribution is 5.78. The Labute approximate surface area is 294 Å². The summed E-state index contributed by atoms with van der Waals surface area (Å²) >= 11 is 0. The van der Waals surface area contributed by atoms with Crippen LogP contribution in [0.2, 0.25) is 0 Å². The highest BCUT2D eigenvalue weighted by atomic mass is 16.5. The number of ether oxygens (including phenoxy) is 2. The fourth-order valence-electron chi connectivity index (χ4n) is 13.4. The van der Waals surface area contributed by atoms with Crippen molar-refractivity contribution in [3.63, 3.8) is 0 Å². The maximum absolute atomic E-state index is 14.3. The number of esters is 2. The lowest BCUT2D eigenvalue weighted by molar-refractivity contribution is -0.230. The maximum atomic E-state index is 14.3. The van der Waals surface area contributed by atoms with E-state index in [1.165, 1.54) is 5.57 Å². The number of allylic oxidation sites excluding steroid dienone is 1. The monoisotopic (exact) mass is 666 g/mol. The first-order chi connectivity index (χ1) is 23.2. The second kappa shape index (κ2) is 12.1. The van der Waals surface area contributed by atoms with Crippen molar-refractivity contribution in [2.24, 2.45) is 62.6 Å². The molecule has 5 aliphatic carbocycles. The van der Waals surface area contributed by atoms with E-state index in [1.807, 2.05) is 60.7 Å². The van der Waals surface area contributed by atoms with Crippen molar-refractivity contribution in [3.8, 4) is 0 Å². The van der Waals surface area contributed by atoms with Crippen LogP contribution in [0.3, 0.4) is 0 Å². The summed E-state index contributed by atoms with van der Waals surface area (Å²) in [6, 6.07) is 19.9. The third kappa shape index (κ3) is 4.94. The Balaban J connectivity index is 1.21. The number of benzene rings is 2. The van der Waals surface area contributed by atoms with Crippen molar-refractivity contribution in [1.29, 1.82) is 0 Å². The molecule has 5 saturated carbocycles. The van der Waals surface area contributed by atoms with Crippen molar-refractivity contribution >= 4 is 11.9 Å². The van der Waals surface area contributed by atoms with Crippen LogP contribution >= 0.6 is 0 Å². The molecule has 0 amide bonds. The second-order valence-corrected chi connectivity index (χ2v) is 18.1. The van der Waals surface area contributed by atoms with E-state index in [1.54, 1.807) is 0 Å². The predicted molar refractivity (Wildman–Crippen MR) is 192 cm³/mol. The van der Waals surface area contributed by atoms with Crippen LogP contribution in [-0.2, 0) is 32.3 Å². The van der Waals surface area contributed by atoms with E-state index in [-0.39, 0.29) is 47.1 Å². The molecule has 2 aromatic rings. The van der Waals surface area contributed by atoms with E-state index >= 15 is 0 Å². The van der Waals surface area contributed by atoms with Crippen LogP contribution in [0.15, 0.2) is 72.8 Å². The molecule has 49 heavy (non-hydrogen) atoms. The summed E-state index contributed by atoms with van der Waals surface area (Å²) in [7, 11) is 0. The molecule has 0 radical (unpaired) electrons. The number of rotatable bonds is 7. The largest absolute Gasteiger partial charge is 0.461 e. The normalized spacial score (nSPS) is 41.8. The van der Waals surface area contributed by atoms with Gasteiger partial charge in [0, 0.05) is 0 Å². The quantitative estimate of drug-likeness (QED) is 0.236. The SMILES string of the molecule is C=C(C)[C@@H]1CC[C@]2(C(=O)OCc3ccccc3)CC[C@]3(C)[C@H](CC[C@@H]4[C@]5(C)C(CC[C@]43C)C(C)(C)[C@H](O)[C@@H]5C(=O)OCc3ccccc3)[C@@H]12. The number of carbonyl (C=O) groups excluding carboxylic acids is 2. The van der Waals surface area contributed by atoms with Crippen LogP contribution < -0.4 is 0 Å². The molecule has 5 nitrogen and oxygen atoms in total. The molecule has 0 spiro atoms. The Hall–Kier alpha value is -2.92. The molecule has 0 saturated heterocycles. The van der Waals surface area contributed by atoms with Crippen LogP contribution in [0.25, 0.3) is 0 Å². The van der Waals surface area contributed by atoms with Crippen LogP contribution in [0.1, 0.15) is 104 Å². The Bertz CT molecular complexity index is 1580. The molecule has 0 aliphatic heterocycles. The van der Waals surface area contributed by atoms with Gasteiger partial charge >= 0.3 is 11.9 Å². The molecule has 5 aliphatic rings. The van der Waals surface area contributed by atoms with E-state index in [4.69, 9.17) is 9.47 Å². The van der Waals surface area contributed by atoms with E-state index < -0.39 is 28.3 Å². The first-order valence-electron chi connectivity index (χ1n) is 19.0. The van der Waals surface area contributed by atoms with Gasteiger partial charge in [-0.1, -0.05) is 107 Å². The lowest BCUT2D eigenvalue weighted by Gasteiger charge is -2.70. The Morgan fingerprint density at radius 1 is 0.755 bits per heavy atom. The number of hydrogen-bond acceptors (Lipinski definition) is 5. The van der Waals surface area contributed by atoms with Crippen molar-refractivity contribution < 1.29 is 24.2 Å². The van der Waals surface area contributed by atoms with Gasteiger partial charge in [-0.3, -0.25) is 9.59 Å². The Morgan fingerprint density at radius 2 is 1.37 bits per heavy atom. The minimum Gasteiger partial charge on any atom is -0.461 e. The molecule has 0 aromatic heterocycles. The topological polar surface area (TPSA) is 72.8 Å². The second-order valence-electron chi connectivity index (χ2n) is 18.1. The van der Waals surface area contributed by atoms with Crippen molar-refractivity contribution in [2.45, 2.75) is 112 Å². The predicted octanol–water partition coefficient (Wildman–Crippen LogP) is 9.33. The summed E-state index contributed by atoms with van der Waals surface area (Å²) in [5.41, 5.74) is 1.82. The summed E-state index contributed by atoms with van der Waals surface area (Å²) in [4.78, 5) is 28.6. The van der Waals surface area contributed by atoms with Crippen LogP contribution in [0.4, 0.5) is 0 Å². The third-order valence-corrected chi connectivity index (χ3v) is 16.0. The van der Waals surface area contributed by atoms with Gasteiger partial charge in [0.05, 0.1) is 17.4 Å². The molecule has 5 fully saturated rings.